The molecule has 0 bridgehead atoms. The van der Waals surface area contributed by atoms with E-state index in [1.54, 1.807) is 0 Å². The summed E-state index contributed by atoms with van der Waals surface area (Å²) < 4.78 is 0. The normalized spacial score (nSPS) is 13.0. The largest absolute Gasteiger partial charge is 0.309 e. The molecule has 0 radical (unpaired) electrons. The minimum absolute atomic E-state index is 0.656. The molecule has 0 saturated carbocycles. The molecule has 1 aromatic heterocycles. The summed E-state index contributed by atoms with van der Waals surface area (Å²) in [5, 5.41) is 5.69. The molecule has 0 aliphatic carbocycles. The third-order valence-electron chi connectivity index (χ3n) is 2.45. The second-order valence-corrected chi connectivity index (χ2v) is 4.89. The molecule has 0 saturated heterocycles. The molecule has 1 N–H and O–H groups in total. The topological polar surface area (TPSA) is 12.0 Å². The molecule has 1 rings (SSSR count). The highest BCUT2D eigenvalue weighted by molar-refractivity contribution is 7.09. The van der Waals surface area contributed by atoms with Gasteiger partial charge in [-0.3, -0.25) is 0 Å². The summed E-state index contributed by atoms with van der Waals surface area (Å²) in [6, 6.07) is 4.96. The van der Waals surface area contributed by atoms with E-state index in [2.05, 4.69) is 36.7 Å². The number of thiophene rings is 1. The molecule has 1 aromatic rings. The van der Waals surface area contributed by atoms with Gasteiger partial charge in [-0.2, -0.15) is 0 Å². The van der Waals surface area contributed by atoms with Gasteiger partial charge in [0.25, 0.3) is 0 Å². The van der Waals surface area contributed by atoms with Gasteiger partial charge in [0.2, 0.25) is 0 Å². The molecule has 1 atom stereocenters. The Morgan fingerprint density at radius 1 is 1.43 bits per heavy atom. The molecule has 0 amide bonds. The van der Waals surface area contributed by atoms with Crippen LogP contribution in [0.3, 0.4) is 0 Å². The van der Waals surface area contributed by atoms with Gasteiger partial charge in [-0.15, -0.1) is 11.3 Å². The molecule has 0 aromatic carbocycles. The van der Waals surface area contributed by atoms with E-state index in [0.29, 0.717) is 6.04 Å². The zero-order valence-corrected chi connectivity index (χ0v) is 10.1. The Bertz CT molecular complexity index is 218. The first-order chi connectivity index (χ1) is 6.83. The molecule has 0 spiro atoms. The highest BCUT2D eigenvalue weighted by Crippen LogP contribution is 2.09. The average molecular weight is 211 g/mol. The molecule has 1 nitrogen and oxygen atoms in total. The molecule has 0 fully saturated rings. The van der Waals surface area contributed by atoms with Crippen LogP contribution in [0.25, 0.3) is 0 Å². The Morgan fingerprint density at radius 2 is 2.29 bits per heavy atom. The fourth-order valence-electron chi connectivity index (χ4n) is 1.49. The van der Waals surface area contributed by atoms with E-state index < -0.39 is 0 Å². The minimum atomic E-state index is 0.656. The van der Waals surface area contributed by atoms with Gasteiger partial charge in [0.15, 0.2) is 0 Å². The van der Waals surface area contributed by atoms with Crippen molar-refractivity contribution in [1.82, 2.24) is 5.32 Å². The molecule has 0 aliphatic heterocycles. The van der Waals surface area contributed by atoms with Crippen LogP contribution in [-0.4, -0.2) is 6.04 Å². The van der Waals surface area contributed by atoms with Crippen molar-refractivity contribution in [2.24, 2.45) is 0 Å². The first-order valence-corrected chi connectivity index (χ1v) is 6.46. The second-order valence-electron chi connectivity index (χ2n) is 3.86. The molecular weight excluding hydrogens is 190 g/mol. The second kappa shape index (κ2) is 7.02. The van der Waals surface area contributed by atoms with E-state index in [1.165, 1.54) is 30.6 Å². The molecule has 2 heteroatoms. The van der Waals surface area contributed by atoms with Crippen LogP contribution in [0.2, 0.25) is 0 Å². The monoisotopic (exact) mass is 211 g/mol. The van der Waals surface area contributed by atoms with E-state index in [4.69, 9.17) is 0 Å². The predicted octanol–water partition coefficient (Wildman–Crippen LogP) is 3.81. The number of hydrogen-bond acceptors (Lipinski definition) is 2. The summed E-state index contributed by atoms with van der Waals surface area (Å²) in [4.78, 5) is 1.44. The standard InChI is InChI=1S/C12H21NS/c1-3-4-5-7-11(2)13-10-12-8-6-9-14-12/h6,8-9,11,13H,3-5,7,10H2,1-2H3. The SMILES string of the molecule is CCCCCC(C)NCc1cccs1. The maximum Gasteiger partial charge on any atom is 0.0302 e. The Morgan fingerprint density at radius 3 is 2.93 bits per heavy atom. The summed E-state index contributed by atoms with van der Waals surface area (Å²) in [5.41, 5.74) is 0. The van der Waals surface area contributed by atoms with Crippen molar-refractivity contribution in [3.05, 3.63) is 22.4 Å². The fraction of sp³-hybridized carbons (Fsp3) is 0.667. The first-order valence-electron chi connectivity index (χ1n) is 5.58. The molecular formula is C12H21NS. The van der Waals surface area contributed by atoms with E-state index in [9.17, 15) is 0 Å². The molecule has 1 heterocycles. The van der Waals surface area contributed by atoms with Crippen molar-refractivity contribution in [3.8, 4) is 0 Å². The summed E-state index contributed by atoms with van der Waals surface area (Å²) >= 11 is 1.83. The van der Waals surface area contributed by atoms with Crippen molar-refractivity contribution >= 4 is 11.3 Å². The van der Waals surface area contributed by atoms with Crippen LogP contribution < -0.4 is 5.32 Å². The van der Waals surface area contributed by atoms with E-state index in [0.717, 1.165) is 6.54 Å². The average Bonchev–Trinajstić information content (AvgIpc) is 2.68. The van der Waals surface area contributed by atoms with Crippen LogP contribution in [0.4, 0.5) is 0 Å². The smallest absolute Gasteiger partial charge is 0.0302 e. The summed E-state index contributed by atoms with van der Waals surface area (Å²) in [7, 11) is 0. The Hall–Kier alpha value is -0.340. The van der Waals surface area contributed by atoms with E-state index in [1.807, 2.05) is 11.3 Å². The Balaban J connectivity index is 2.06. The molecule has 14 heavy (non-hydrogen) atoms. The van der Waals surface area contributed by atoms with Crippen molar-refractivity contribution < 1.29 is 0 Å². The van der Waals surface area contributed by atoms with Crippen LogP contribution >= 0.6 is 11.3 Å². The van der Waals surface area contributed by atoms with Crippen LogP contribution in [0.1, 0.15) is 44.4 Å². The maximum absolute atomic E-state index is 3.55. The first kappa shape index (κ1) is 11.7. The van der Waals surface area contributed by atoms with Crippen LogP contribution in [-0.2, 0) is 6.54 Å². The number of hydrogen-bond donors (Lipinski definition) is 1. The van der Waals surface area contributed by atoms with E-state index >= 15 is 0 Å². The van der Waals surface area contributed by atoms with Crippen LogP contribution in [0.15, 0.2) is 17.5 Å². The third kappa shape index (κ3) is 4.77. The van der Waals surface area contributed by atoms with Crippen molar-refractivity contribution in [1.29, 1.82) is 0 Å². The lowest BCUT2D eigenvalue weighted by atomic mass is 10.1. The van der Waals surface area contributed by atoms with Crippen molar-refractivity contribution in [3.63, 3.8) is 0 Å². The summed E-state index contributed by atoms with van der Waals surface area (Å²) in [5.74, 6) is 0. The fourth-order valence-corrected chi connectivity index (χ4v) is 2.15. The highest BCUT2D eigenvalue weighted by Gasteiger charge is 2.01. The van der Waals surface area contributed by atoms with Gasteiger partial charge < -0.3 is 5.32 Å². The van der Waals surface area contributed by atoms with Crippen LogP contribution in [0.5, 0.6) is 0 Å². The van der Waals surface area contributed by atoms with Crippen molar-refractivity contribution in [2.45, 2.75) is 52.1 Å². The quantitative estimate of drug-likeness (QED) is 0.676. The zero-order valence-electron chi connectivity index (χ0n) is 9.25. The number of nitrogens with one attached hydrogen (secondary N) is 1. The summed E-state index contributed by atoms with van der Waals surface area (Å²) in [6.45, 7) is 5.57. The van der Waals surface area contributed by atoms with Gasteiger partial charge in [-0.05, 0) is 24.8 Å². The predicted molar refractivity (Wildman–Crippen MR) is 64.8 cm³/mol. The Kier molecular flexibility index (Phi) is 5.88. The molecule has 0 aliphatic rings. The summed E-state index contributed by atoms with van der Waals surface area (Å²) in [6.07, 6.45) is 5.34. The third-order valence-corrected chi connectivity index (χ3v) is 3.32. The van der Waals surface area contributed by atoms with Gasteiger partial charge in [0, 0.05) is 17.5 Å². The zero-order chi connectivity index (χ0) is 10.2. The van der Waals surface area contributed by atoms with E-state index in [-0.39, 0.29) is 0 Å². The number of unbranched alkanes of at least 4 members (excludes halogenated alkanes) is 2. The maximum atomic E-state index is 3.55. The lowest BCUT2D eigenvalue weighted by Crippen LogP contribution is -2.24. The minimum Gasteiger partial charge on any atom is -0.309 e. The van der Waals surface area contributed by atoms with Crippen LogP contribution in [0, 0.1) is 0 Å². The molecule has 1 unspecified atom stereocenters. The van der Waals surface area contributed by atoms with Gasteiger partial charge >= 0.3 is 0 Å². The lowest BCUT2D eigenvalue weighted by molar-refractivity contribution is 0.489. The number of rotatable bonds is 7. The highest BCUT2D eigenvalue weighted by atomic mass is 32.1. The van der Waals surface area contributed by atoms with Gasteiger partial charge in [0.05, 0.1) is 0 Å². The molecule has 80 valence electrons. The van der Waals surface area contributed by atoms with Gasteiger partial charge in [-0.1, -0.05) is 32.3 Å². The van der Waals surface area contributed by atoms with Gasteiger partial charge in [0.1, 0.15) is 0 Å². The van der Waals surface area contributed by atoms with Gasteiger partial charge in [-0.25, -0.2) is 0 Å². The Labute approximate surface area is 91.5 Å². The van der Waals surface area contributed by atoms with Crippen molar-refractivity contribution in [2.75, 3.05) is 0 Å². The lowest BCUT2D eigenvalue weighted by Gasteiger charge is -2.12.